The molecular formula is C14H28N4O3. The Bertz CT molecular complexity index is 347. The number of unbranched alkanes of at least 4 members (excludes halogenated alkanes) is 1. The van der Waals surface area contributed by atoms with Crippen molar-refractivity contribution in [3.63, 3.8) is 0 Å². The number of carbonyl (C=O) groups is 3. The molecule has 0 unspecified atom stereocenters. The molecule has 0 aromatic heterocycles. The zero-order valence-electron chi connectivity index (χ0n) is 13.1. The highest BCUT2D eigenvalue weighted by molar-refractivity contribution is 5.81. The van der Waals surface area contributed by atoms with Gasteiger partial charge in [0.15, 0.2) is 0 Å². The summed E-state index contributed by atoms with van der Waals surface area (Å²) in [4.78, 5) is 35.6. The molecule has 0 aliphatic heterocycles. The van der Waals surface area contributed by atoms with E-state index in [0.29, 0.717) is 39.0 Å². The number of ketones is 1. The van der Waals surface area contributed by atoms with Crippen LogP contribution < -0.4 is 16.8 Å². The zero-order chi connectivity index (χ0) is 16.3. The van der Waals surface area contributed by atoms with Crippen LogP contribution in [0, 0.1) is 0 Å². The molecule has 0 aliphatic rings. The highest BCUT2D eigenvalue weighted by Gasteiger charge is 2.14. The van der Waals surface area contributed by atoms with Crippen molar-refractivity contribution in [2.24, 2.45) is 11.5 Å². The first kappa shape index (κ1) is 19.5. The fourth-order valence-electron chi connectivity index (χ4n) is 1.80. The van der Waals surface area contributed by atoms with Gasteiger partial charge in [0.1, 0.15) is 5.78 Å². The summed E-state index contributed by atoms with van der Waals surface area (Å²) in [6.45, 7) is 4.62. The van der Waals surface area contributed by atoms with Crippen molar-refractivity contribution in [2.75, 3.05) is 26.2 Å². The molecule has 0 saturated carbocycles. The van der Waals surface area contributed by atoms with E-state index in [9.17, 15) is 14.4 Å². The van der Waals surface area contributed by atoms with Crippen molar-refractivity contribution in [3.05, 3.63) is 0 Å². The third-order valence-electron chi connectivity index (χ3n) is 3.17. The van der Waals surface area contributed by atoms with Crippen LogP contribution in [-0.4, -0.2) is 54.7 Å². The molecule has 122 valence electrons. The van der Waals surface area contributed by atoms with Crippen LogP contribution in [0.25, 0.3) is 0 Å². The van der Waals surface area contributed by atoms with Gasteiger partial charge in [-0.15, -0.1) is 0 Å². The van der Waals surface area contributed by atoms with E-state index in [4.69, 9.17) is 11.5 Å². The van der Waals surface area contributed by atoms with Crippen molar-refractivity contribution >= 4 is 17.6 Å². The predicted molar refractivity (Wildman–Crippen MR) is 81.4 cm³/mol. The molecule has 7 nitrogen and oxygen atoms in total. The molecule has 0 radical (unpaired) electrons. The molecule has 0 aromatic rings. The molecule has 0 aromatic carbocycles. The van der Waals surface area contributed by atoms with E-state index >= 15 is 0 Å². The first-order valence-corrected chi connectivity index (χ1v) is 7.36. The standard InChI is InChI=1S/C14H28N4O3/c1-11(19)6-9-18(12(2)20)10-8-17-14(21)13(16)5-3-4-7-15/h13H,3-10,15-16H2,1-2H3,(H,17,21)/t13-/m0/s1. The van der Waals surface area contributed by atoms with E-state index in [2.05, 4.69) is 5.32 Å². The van der Waals surface area contributed by atoms with Gasteiger partial charge < -0.3 is 21.7 Å². The van der Waals surface area contributed by atoms with Crippen molar-refractivity contribution in [3.8, 4) is 0 Å². The number of Topliss-reactive ketones (excluding diaryl/α,β-unsaturated/α-hetero) is 1. The Labute approximate surface area is 126 Å². The first-order valence-electron chi connectivity index (χ1n) is 7.36. The number of amides is 2. The van der Waals surface area contributed by atoms with E-state index in [1.54, 1.807) is 4.90 Å². The van der Waals surface area contributed by atoms with Gasteiger partial charge in [-0.25, -0.2) is 0 Å². The number of rotatable bonds is 11. The lowest BCUT2D eigenvalue weighted by molar-refractivity contribution is -0.130. The summed E-state index contributed by atoms with van der Waals surface area (Å²) in [5, 5.41) is 2.71. The fraction of sp³-hybridized carbons (Fsp3) is 0.786. The van der Waals surface area contributed by atoms with Crippen LogP contribution in [0.4, 0.5) is 0 Å². The first-order chi connectivity index (χ1) is 9.88. The molecule has 0 heterocycles. The van der Waals surface area contributed by atoms with Gasteiger partial charge in [-0.2, -0.15) is 0 Å². The van der Waals surface area contributed by atoms with Gasteiger partial charge in [0.25, 0.3) is 0 Å². The van der Waals surface area contributed by atoms with Crippen LogP contribution in [-0.2, 0) is 14.4 Å². The maximum absolute atomic E-state index is 11.7. The molecule has 0 saturated heterocycles. The second kappa shape index (κ2) is 11.2. The summed E-state index contributed by atoms with van der Waals surface area (Å²) >= 11 is 0. The van der Waals surface area contributed by atoms with Gasteiger partial charge in [0.2, 0.25) is 11.8 Å². The van der Waals surface area contributed by atoms with Gasteiger partial charge >= 0.3 is 0 Å². The van der Waals surface area contributed by atoms with Crippen molar-refractivity contribution in [1.82, 2.24) is 10.2 Å². The molecule has 21 heavy (non-hydrogen) atoms. The fourth-order valence-corrected chi connectivity index (χ4v) is 1.80. The summed E-state index contributed by atoms with van der Waals surface area (Å²) in [7, 11) is 0. The summed E-state index contributed by atoms with van der Waals surface area (Å²) in [5.74, 6) is -0.299. The lowest BCUT2D eigenvalue weighted by atomic mass is 10.1. The topological polar surface area (TPSA) is 119 Å². The highest BCUT2D eigenvalue weighted by Crippen LogP contribution is 1.98. The van der Waals surface area contributed by atoms with Crippen LogP contribution >= 0.6 is 0 Å². The summed E-state index contributed by atoms with van der Waals surface area (Å²) in [5.41, 5.74) is 11.1. The van der Waals surface area contributed by atoms with E-state index in [-0.39, 0.29) is 17.6 Å². The second-order valence-electron chi connectivity index (χ2n) is 5.14. The number of carbonyl (C=O) groups excluding carboxylic acids is 3. The molecule has 0 spiro atoms. The van der Waals surface area contributed by atoms with Crippen molar-refractivity contribution < 1.29 is 14.4 Å². The normalized spacial score (nSPS) is 11.8. The maximum Gasteiger partial charge on any atom is 0.236 e. The Morgan fingerprint density at radius 3 is 2.33 bits per heavy atom. The minimum absolute atomic E-state index is 0.0345. The zero-order valence-corrected chi connectivity index (χ0v) is 13.1. The van der Waals surface area contributed by atoms with E-state index < -0.39 is 6.04 Å². The summed E-state index contributed by atoms with van der Waals surface area (Å²) < 4.78 is 0. The van der Waals surface area contributed by atoms with Crippen molar-refractivity contribution in [1.29, 1.82) is 0 Å². The Balaban J connectivity index is 3.99. The smallest absolute Gasteiger partial charge is 0.236 e. The number of hydrogen-bond donors (Lipinski definition) is 3. The predicted octanol–water partition coefficient (Wildman–Crippen LogP) is -0.613. The van der Waals surface area contributed by atoms with Gasteiger partial charge in [0.05, 0.1) is 6.04 Å². The van der Waals surface area contributed by atoms with Gasteiger partial charge in [-0.1, -0.05) is 6.42 Å². The van der Waals surface area contributed by atoms with Gasteiger partial charge in [-0.3, -0.25) is 14.4 Å². The van der Waals surface area contributed by atoms with Crippen LogP contribution in [0.2, 0.25) is 0 Å². The lowest BCUT2D eigenvalue weighted by Gasteiger charge is -2.21. The molecule has 0 bridgehead atoms. The van der Waals surface area contributed by atoms with E-state index in [1.807, 2.05) is 0 Å². The molecule has 2 amide bonds. The number of nitrogens with zero attached hydrogens (tertiary/aromatic N) is 1. The minimum atomic E-state index is -0.542. The average molecular weight is 300 g/mol. The third-order valence-corrected chi connectivity index (χ3v) is 3.17. The minimum Gasteiger partial charge on any atom is -0.353 e. The van der Waals surface area contributed by atoms with E-state index in [1.165, 1.54) is 13.8 Å². The van der Waals surface area contributed by atoms with Crippen LogP contribution in [0.5, 0.6) is 0 Å². The second-order valence-corrected chi connectivity index (χ2v) is 5.14. The number of nitrogens with two attached hydrogens (primary N) is 2. The summed E-state index contributed by atoms with van der Waals surface area (Å²) in [6, 6.07) is -0.542. The molecular weight excluding hydrogens is 272 g/mol. The summed E-state index contributed by atoms with van der Waals surface area (Å²) in [6.07, 6.45) is 2.60. The number of nitrogens with one attached hydrogen (secondary N) is 1. The molecule has 5 N–H and O–H groups in total. The molecule has 7 heteroatoms. The van der Waals surface area contributed by atoms with Crippen LogP contribution in [0.3, 0.4) is 0 Å². The van der Waals surface area contributed by atoms with Crippen molar-refractivity contribution in [2.45, 2.75) is 45.6 Å². The largest absolute Gasteiger partial charge is 0.353 e. The molecule has 0 fully saturated rings. The van der Waals surface area contributed by atoms with Crippen LogP contribution in [0.1, 0.15) is 39.5 Å². The Hall–Kier alpha value is -1.47. The average Bonchev–Trinajstić information content (AvgIpc) is 2.41. The Kier molecular flexibility index (Phi) is 10.4. The SMILES string of the molecule is CC(=O)CCN(CCNC(=O)[C@@H](N)CCCCN)C(C)=O. The Morgan fingerprint density at radius 2 is 1.81 bits per heavy atom. The number of hydrogen-bond acceptors (Lipinski definition) is 5. The quantitative estimate of drug-likeness (QED) is 0.440. The maximum atomic E-state index is 11.7. The Morgan fingerprint density at radius 1 is 1.14 bits per heavy atom. The van der Waals surface area contributed by atoms with E-state index in [0.717, 1.165) is 12.8 Å². The van der Waals surface area contributed by atoms with Crippen LogP contribution in [0.15, 0.2) is 0 Å². The van der Waals surface area contributed by atoms with Gasteiger partial charge in [0, 0.05) is 33.0 Å². The van der Waals surface area contributed by atoms with Gasteiger partial charge in [-0.05, 0) is 26.3 Å². The molecule has 0 rings (SSSR count). The highest BCUT2D eigenvalue weighted by atomic mass is 16.2. The third kappa shape index (κ3) is 9.97. The lowest BCUT2D eigenvalue weighted by Crippen LogP contribution is -2.44. The molecule has 1 atom stereocenters. The monoisotopic (exact) mass is 300 g/mol. The molecule has 0 aliphatic carbocycles.